The van der Waals surface area contributed by atoms with Gasteiger partial charge in [-0.25, -0.2) is 13.2 Å². The van der Waals surface area contributed by atoms with Crippen LogP contribution < -0.4 is 0 Å². The zero-order chi connectivity index (χ0) is 20.5. The molecule has 152 valence electrons. The molecule has 0 amide bonds. The number of carbonyl (C=O) groups excluding carboxylic acids is 1. The second-order valence-electron chi connectivity index (χ2n) is 7.16. The Kier molecular flexibility index (Phi) is 7.42. The SMILES string of the molecule is O=C(OC(C/C=C/CS(=O)(=O)c1ccccc1)C1CC=CCC1)c1ccccc1. The van der Waals surface area contributed by atoms with Gasteiger partial charge in [0.2, 0.25) is 0 Å². The fraction of sp³-hybridized carbons (Fsp3) is 0.292. The fourth-order valence-corrected chi connectivity index (χ4v) is 4.57. The van der Waals surface area contributed by atoms with Crippen molar-refractivity contribution in [2.45, 2.75) is 36.7 Å². The number of carbonyl (C=O) groups is 1. The van der Waals surface area contributed by atoms with Crippen LogP contribution in [0.25, 0.3) is 0 Å². The highest BCUT2D eigenvalue weighted by molar-refractivity contribution is 7.91. The molecule has 0 N–H and O–H groups in total. The third kappa shape index (κ3) is 6.16. The molecule has 1 aliphatic rings. The smallest absolute Gasteiger partial charge is 0.338 e. The van der Waals surface area contributed by atoms with Crippen molar-refractivity contribution in [2.24, 2.45) is 5.92 Å². The van der Waals surface area contributed by atoms with Crippen molar-refractivity contribution >= 4 is 15.8 Å². The molecule has 2 aromatic rings. The number of rotatable bonds is 8. The van der Waals surface area contributed by atoms with Gasteiger partial charge in [0, 0.05) is 12.3 Å². The van der Waals surface area contributed by atoms with Crippen LogP contribution in [0, 0.1) is 5.92 Å². The number of ether oxygens (including phenoxy) is 1. The Labute approximate surface area is 172 Å². The number of benzene rings is 2. The lowest BCUT2D eigenvalue weighted by Crippen LogP contribution is -2.27. The quantitative estimate of drug-likeness (QED) is 0.454. The summed E-state index contributed by atoms with van der Waals surface area (Å²) in [4.78, 5) is 12.8. The molecule has 0 saturated heterocycles. The van der Waals surface area contributed by atoms with E-state index in [0.717, 1.165) is 19.3 Å². The molecule has 0 saturated carbocycles. The summed E-state index contributed by atoms with van der Waals surface area (Å²) in [6, 6.07) is 17.4. The first-order chi connectivity index (χ1) is 14.1. The van der Waals surface area contributed by atoms with Crippen molar-refractivity contribution in [2.75, 3.05) is 5.75 Å². The lowest BCUT2D eigenvalue weighted by atomic mass is 9.87. The Morgan fingerprint density at radius 2 is 1.69 bits per heavy atom. The van der Waals surface area contributed by atoms with E-state index >= 15 is 0 Å². The van der Waals surface area contributed by atoms with Crippen molar-refractivity contribution in [3.63, 3.8) is 0 Å². The van der Waals surface area contributed by atoms with E-state index in [9.17, 15) is 13.2 Å². The van der Waals surface area contributed by atoms with Gasteiger partial charge >= 0.3 is 5.97 Å². The van der Waals surface area contributed by atoms with Crippen LogP contribution in [-0.2, 0) is 14.6 Å². The Hall–Kier alpha value is -2.66. The Balaban J connectivity index is 1.64. The molecule has 0 aromatic heterocycles. The van der Waals surface area contributed by atoms with E-state index in [1.807, 2.05) is 24.3 Å². The molecule has 29 heavy (non-hydrogen) atoms. The van der Waals surface area contributed by atoms with Gasteiger partial charge in [-0.05, 0) is 43.5 Å². The highest BCUT2D eigenvalue weighted by atomic mass is 32.2. The molecule has 2 atom stereocenters. The highest BCUT2D eigenvalue weighted by Gasteiger charge is 2.25. The predicted octanol–water partition coefficient (Wildman–Crippen LogP) is 4.99. The molecule has 0 fully saturated rings. The van der Waals surface area contributed by atoms with Crippen molar-refractivity contribution < 1.29 is 17.9 Å². The molecule has 0 heterocycles. The van der Waals surface area contributed by atoms with E-state index in [1.165, 1.54) is 0 Å². The van der Waals surface area contributed by atoms with Crippen molar-refractivity contribution in [1.82, 2.24) is 0 Å². The molecule has 0 spiro atoms. The zero-order valence-corrected chi connectivity index (χ0v) is 17.1. The first-order valence-corrected chi connectivity index (χ1v) is 11.6. The lowest BCUT2D eigenvalue weighted by Gasteiger charge is -2.27. The normalized spacial score (nSPS) is 17.9. The third-order valence-corrected chi connectivity index (χ3v) is 6.68. The number of hydrogen-bond acceptors (Lipinski definition) is 4. The minimum atomic E-state index is -3.35. The predicted molar refractivity (Wildman–Crippen MR) is 114 cm³/mol. The minimum Gasteiger partial charge on any atom is -0.458 e. The van der Waals surface area contributed by atoms with Gasteiger partial charge < -0.3 is 4.74 Å². The van der Waals surface area contributed by atoms with Crippen LogP contribution in [0.15, 0.2) is 89.9 Å². The first kappa shape index (κ1) is 21.1. The minimum absolute atomic E-state index is 0.0685. The summed E-state index contributed by atoms with van der Waals surface area (Å²) in [5, 5.41) is 0. The summed E-state index contributed by atoms with van der Waals surface area (Å²) in [5.41, 5.74) is 0.527. The molecule has 3 rings (SSSR count). The molecule has 1 aliphatic carbocycles. The molecule has 4 nitrogen and oxygen atoms in total. The molecule has 0 aliphatic heterocycles. The van der Waals surface area contributed by atoms with Gasteiger partial charge in [-0.2, -0.15) is 0 Å². The Bertz CT molecular complexity index is 947. The maximum absolute atomic E-state index is 12.5. The van der Waals surface area contributed by atoms with Crippen molar-refractivity contribution in [3.05, 3.63) is 90.5 Å². The van der Waals surface area contributed by atoms with Crippen LogP contribution in [0.2, 0.25) is 0 Å². The van der Waals surface area contributed by atoms with E-state index in [-0.39, 0.29) is 23.7 Å². The summed E-state index contributed by atoms with van der Waals surface area (Å²) in [7, 11) is -3.35. The van der Waals surface area contributed by atoms with Crippen LogP contribution in [0.3, 0.4) is 0 Å². The van der Waals surface area contributed by atoms with Gasteiger partial charge in [0.1, 0.15) is 6.10 Å². The van der Waals surface area contributed by atoms with Gasteiger partial charge in [-0.3, -0.25) is 0 Å². The monoisotopic (exact) mass is 410 g/mol. The largest absolute Gasteiger partial charge is 0.458 e. The lowest BCUT2D eigenvalue weighted by molar-refractivity contribution is 0.0133. The van der Waals surface area contributed by atoms with Gasteiger partial charge in [0.05, 0.1) is 16.2 Å². The van der Waals surface area contributed by atoms with Crippen LogP contribution >= 0.6 is 0 Å². The molecule has 2 aromatic carbocycles. The van der Waals surface area contributed by atoms with Gasteiger partial charge in [-0.1, -0.05) is 60.7 Å². The second kappa shape index (κ2) is 10.2. The van der Waals surface area contributed by atoms with Crippen LogP contribution in [0.1, 0.15) is 36.0 Å². The maximum Gasteiger partial charge on any atom is 0.338 e. The molecule has 0 radical (unpaired) electrons. The molecular formula is C24H26O4S. The summed E-state index contributed by atoms with van der Waals surface area (Å²) >= 11 is 0. The van der Waals surface area contributed by atoms with E-state index < -0.39 is 9.84 Å². The average molecular weight is 411 g/mol. The second-order valence-corrected chi connectivity index (χ2v) is 9.19. The first-order valence-electron chi connectivity index (χ1n) is 9.90. The maximum atomic E-state index is 12.5. The van der Waals surface area contributed by atoms with Crippen LogP contribution in [0.4, 0.5) is 0 Å². The number of allylic oxidation sites excluding steroid dienone is 2. The van der Waals surface area contributed by atoms with E-state index in [2.05, 4.69) is 12.2 Å². The van der Waals surface area contributed by atoms with Crippen LogP contribution in [-0.4, -0.2) is 26.2 Å². The highest BCUT2D eigenvalue weighted by Crippen LogP contribution is 2.27. The summed E-state index contributed by atoms with van der Waals surface area (Å²) < 4.78 is 30.6. The third-order valence-electron chi connectivity index (χ3n) is 5.06. The Morgan fingerprint density at radius 3 is 2.34 bits per heavy atom. The molecular weight excluding hydrogens is 384 g/mol. The molecule has 5 heteroatoms. The van der Waals surface area contributed by atoms with E-state index in [4.69, 9.17) is 4.74 Å². The van der Waals surface area contributed by atoms with Crippen molar-refractivity contribution in [3.8, 4) is 0 Å². The topological polar surface area (TPSA) is 60.4 Å². The van der Waals surface area contributed by atoms with Gasteiger partial charge in [-0.15, -0.1) is 0 Å². The zero-order valence-electron chi connectivity index (χ0n) is 16.3. The number of sulfone groups is 1. The molecule has 0 bridgehead atoms. The standard InChI is InChI=1S/C24H26O4S/c25-24(21-14-6-2-7-15-21)28-23(20-12-4-1-5-13-20)18-10-11-19-29(26,27)22-16-8-3-9-17-22/h1-4,6-11,14-17,20,23H,5,12-13,18-19H2/b11-10+. The summed E-state index contributed by atoms with van der Waals surface area (Å²) in [6.07, 6.45) is 10.8. The van der Waals surface area contributed by atoms with Crippen molar-refractivity contribution in [1.29, 1.82) is 0 Å². The van der Waals surface area contributed by atoms with Gasteiger partial charge in [0.25, 0.3) is 0 Å². The fourth-order valence-electron chi connectivity index (χ4n) is 3.42. The summed E-state index contributed by atoms with van der Waals surface area (Å²) in [5.74, 6) is -0.167. The average Bonchev–Trinajstić information content (AvgIpc) is 2.77. The Morgan fingerprint density at radius 1 is 1.00 bits per heavy atom. The van der Waals surface area contributed by atoms with Crippen LogP contribution in [0.5, 0.6) is 0 Å². The van der Waals surface area contributed by atoms with Gasteiger partial charge in [0.15, 0.2) is 9.84 Å². The number of esters is 1. The molecule has 2 unspecified atom stereocenters. The number of hydrogen-bond donors (Lipinski definition) is 0. The van der Waals surface area contributed by atoms with E-state index in [1.54, 1.807) is 48.5 Å². The summed E-state index contributed by atoms with van der Waals surface area (Å²) in [6.45, 7) is 0. The van der Waals surface area contributed by atoms with E-state index in [0.29, 0.717) is 16.9 Å².